The fraction of sp³-hybridized carbons (Fsp3) is 0.520. The van der Waals surface area contributed by atoms with Crippen molar-refractivity contribution in [3.05, 3.63) is 56.8 Å². The summed E-state index contributed by atoms with van der Waals surface area (Å²) in [6.45, 7) is 6.39. The summed E-state index contributed by atoms with van der Waals surface area (Å²) in [6.07, 6.45) is -6.60. The fourth-order valence-electron chi connectivity index (χ4n) is 3.56. The third-order valence-electron chi connectivity index (χ3n) is 5.51. The van der Waals surface area contributed by atoms with Gasteiger partial charge in [-0.05, 0) is 32.9 Å². The summed E-state index contributed by atoms with van der Waals surface area (Å²) in [5.41, 5.74) is -5.81. The van der Waals surface area contributed by atoms with Gasteiger partial charge in [-0.25, -0.2) is 4.79 Å². The van der Waals surface area contributed by atoms with Gasteiger partial charge in [-0.1, -0.05) is 12.8 Å². The van der Waals surface area contributed by atoms with Gasteiger partial charge in [0.1, 0.15) is 31.1 Å². The molecule has 0 radical (unpaired) electrons. The largest absolute Gasteiger partial charge is 0.462 e. The van der Waals surface area contributed by atoms with E-state index < -0.39 is 64.5 Å². The van der Waals surface area contributed by atoms with Gasteiger partial charge in [-0.15, -0.1) is 5.92 Å². The van der Waals surface area contributed by atoms with E-state index in [9.17, 15) is 32.3 Å². The van der Waals surface area contributed by atoms with E-state index in [1.165, 1.54) is 6.07 Å². The van der Waals surface area contributed by atoms with Crippen LogP contribution in [0.3, 0.4) is 0 Å². The number of alkyl halides is 3. The van der Waals surface area contributed by atoms with E-state index >= 15 is 0 Å². The molecule has 2 aromatic heterocycles. The zero-order valence-electron chi connectivity index (χ0n) is 21.2. The Labute approximate surface area is 215 Å². The average Bonchev–Trinajstić information content (AvgIpc) is 3.49. The van der Waals surface area contributed by atoms with Gasteiger partial charge in [0, 0.05) is 19.0 Å². The second-order valence-corrected chi connectivity index (χ2v) is 9.42. The SMILES string of the molecule is CCC#CCO[C@H]1C[C@H](n2cc(C(F)(F)F)c(=O)n(C(=O)c3ccco3)c2=O)O[C@@H]1COC(=O)C(C)(C)C. The molecule has 0 spiro atoms. The second-order valence-electron chi connectivity index (χ2n) is 9.42. The minimum Gasteiger partial charge on any atom is -0.462 e. The van der Waals surface area contributed by atoms with Crippen LogP contribution < -0.4 is 11.2 Å². The molecule has 0 bridgehead atoms. The monoisotopic (exact) mass is 540 g/mol. The highest BCUT2D eigenvalue weighted by Crippen LogP contribution is 2.32. The van der Waals surface area contributed by atoms with E-state index in [-0.39, 0.29) is 24.2 Å². The van der Waals surface area contributed by atoms with E-state index in [1.807, 2.05) is 6.92 Å². The van der Waals surface area contributed by atoms with Gasteiger partial charge in [-0.2, -0.15) is 17.7 Å². The number of rotatable bonds is 6. The average molecular weight is 540 g/mol. The predicted octanol–water partition coefficient (Wildman–Crippen LogP) is 2.99. The molecule has 10 nitrogen and oxygen atoms in total. The minimum atomic E-state index is -5.19. The fourth-order valence-corrected chi connectivity index (χ4v) is 3.56. The molecular weight excluding hydrogens is 513 g/mol. The van der Waals surface area contributed by atoms with E-state index in [1.54, 1.807) is 20.8 Å². The molecule has 0 saturated carbocycles. The lowest BCUT2D eigenvalue weighted by atomic mass is 9.97. The number of esters is 1. The molecule has 1 aliphatic heterocycles. The number of carbonyl (C=O) groups is 2. The molecular formula is C25H27F3N2O8. The molecule has 0 amide bonds. The van der Waals surface area contributed by atoms with Crippen LogP contribution in [0.1, 0.15) is 62.9 Å². The van der Waals surface area contributed by atoms with Gasteiger partial charge in [0.15, 0.2) is 5.76 Å². The van der Waals surface area contributed by atoms with Crippen LogP contribution >= 0.6 is 0 Å². The Hall–Kier alpha value is -3.63. The molecule has 3 heterocycles. The minimum absolute atomic E-state index is 0.0442. The molecule has 0 N–H and O–H groups in total. The van der Waals surface area contributed by atoms with Crippen molar-refractivity contribution in [3.63, 3.8) is 0 Å². The van der Waals surface area contributed by atoms with Crippen molar-refractivity contribution >= 4 is 11.9 Å². The number of ether oxygens (including phenoxy) is 3. The van der Waals surface area contributed by atoms with E-state index in [0.717, 1.165) is 12.3 Å². The van der Waals surface area contributed by atoms with E-state index in [2.05, 4.69) is 11.8 Å². The van der Waals surface area contributed by atoms with Gasteiger partial charge in [0.05, 0.1) is 17.8 Å². The maximum absolute atomic E-state index is 13.7. The normalized spacial score (nSPS) is 19.6. The lowest BCUT2D eigenvalue weighted by molar-refractivity contribution is -0.160. The third kappa shape index (κ3) is 6.43. The molecule has 38 heavy (non-hydrogen) atoms. The van der Waals surface area contributed by atoms with E-state index in [0.29, 0.717) is 17.2 Å². The Balaban J connectivity index is 2.02. The number of halogens is 3. The van der Waals surface area contributed by atoms with Crippen molar-refractivity contribution in [2.75, 3.05) is 13.2 Å². The molecule has 3 atom stereocenters. The third-order valence-corrected chi connectivity index (χ3v) is 5.51. The van der Waals surface area contributed by atoms with Gasteiger partial charge in [0.25, 0.3) is 5.56 Å². The van der Waals surface area contributed by atoms with Gasteiger partial charge in [-0.3, -0.25) is 19.0 Å². The zero-order valence-corrected chi connectivity index (χ0v) is 21.2. The summed E-state index contributed by atoms with van der Waals surface area (Å²) in [7, 11) is 0. The van der Waals surface area contributed by atoms with Crippen LogP contribution in [0.25, 0.3) is 0 Å². The molecule has 2 aromatic rings. The Kier molecular flexibility index (Phi) is 8.68. The summed E-state index contributed by atoms with van der Waals surface area (Å²) in [6, 6.07) is 2.38. The summed E-state index contributed by atoms with van der Waals surface area (Å²) in [5.74, 6) is 3.13. The van der Waals surface area contributed by atoms with Crippen LogP contribution in [-0.2, 0) is 25.2 Å². The van der Waals surface area contributed by atoms with Crippen LogP contribution in [0.4, 0.5) is 13.2 Å². The van der Waals surface area contributed by atoms with Crippen molar-refractivity contribution in [3.8, 4) is 11.8 Å². The van der Waals surface area contributed by atoms with Crippen LogP contribution in [0, 0.1) is 17.3 Å². The Morgan fingerprint density at radius 1 is 1.18 bits per heavy atom. The van der Waals surface area contributed by atoms with Crippen LogP contribution in [-0.4, -0.2) is 46.4 Å². The molecule has 206 valence electrons. The van der Waals surface area contributed by atoms with Crippen LogP contribution in [0.2, 0.25) is 0 Å². The zero-order chi connectivity index (χ0) is 28.3. The first-order valence-electron chi connectivity index (χ1n) is 11.7. The van der Waals surface area contributed by atoms with Crippen molar-refractivity contribution in [1.82, 2.24) is 9.13 Å². The Morgan fingerprint density at radius 3 is 2.47 bits per heavy atom. The summed E-state index contributed by atoms with van der Waals surface area (Å²) in [4.78, 5) is 50.7. The van der Waals surface area contributed by atoms with Crippen molar-refractivity contribution in [2.24, 2.45) is 5.41 Å². The first-order valence-corrected chi connectivity index (χ1v) is 11.7. The Bertz CT molecular complexity index is 1340. The quantitative estimate of drug-likeness (QED) is 0.405. The van der Waals surface area contributed by atoms with Crippen LogP contribution in [0.5, 0.6) is 0 Å². The predicted molar refractivity (Wildman–Crippen MR) is 125 cm³/mol. The molecule has 3 rings (SSSR count). The van der Waals surface area contributed by atoms with Crippen molar-refractivity contribution in [2.45, 2.75) is 65.1 Å². The Morgan fingerprint density at radius 2 is 1.89 bits per heavy atom. The van der Waals surface area contributed by atoms with E-state index in [4.69, 9.17) is 18.6 Å². The summed E-state index contributed by atoms with van der Waals surface area (Å²) >= 11 is 0. The molecule has 1 saturated heterocycles. The number of carbonyl (C=O) groups excluding carboxylic acids is 2. The molecule has 1 fully saturated rings. The smallest absolute Gasteiger partial charge is 0.423 e. The number of nitrogens with zero attached hydrogens (tertiary/aromatic N) is 2. The number of aromatic nitrogens is 2. The topological polar surface area (TPSA) is 119 Å². The molecule has 0 aromatic carbocycles. The van der Waals surface area contributed by atoms with Crippen molar-refractivity contribution in [1.29, 1.82) is 0 Å². The van der Waals surface area contributed by atoms with Crippen molar-refractivity contribution < 1.29 is 41.4 Å². The standard InChI is InChI=1S/C25H27F3N2O8/c1-5-6-7-10-36-17-12-19(38-18(17)14-37-22(33)24(2,3)4)29-13-15(25(26,27)28)20(31)30(23(29)34)21(32)16-9-8-11-35-16/h8-9,11,13,17-19H,5,10,12,14H2,1-4H3/t17-,18+,19+/m0/s1. The molecule has 13 heteroatoms. The van der Waals surface area contributed by atoms with Gasteiger partial charge >= 0.3 is 23.7 Å². The highest BCUT2D eigenvalue weighted by molar-refractivity contribution is 5.93. The van der Waals surface area contributed by atoms with Gasteiger partial charge < -0.3 is 18.6 Å². The first-order chi connectivity index (χ1) is 17.8. The highest BCUT2D eigenvalue weighted by Gasteiger charge is 2.42. The molecule has 0 unspecified atom stereocenters. The maximum atomic E-state index is 13.7. The molecule has 1 aliphatic rings. The highest BCUT2D eigenvalue weighted by atomic mass is 19.4. The van der Waals surface area contributed by atoms with Crippen LogP contribution in [0.15, 0.2) is 38.6 Å². The lowest BCUT2D eigenvalue weighted by Gasteiger charge is -2.22. The van der Waals surface area contributed by atoms with Gasteiger partial charge in [0.2, 0.25) is 0 Å². The molecule has 0 aliphatic carbocycles. The first kappa shape index (κ1) is 28.9. The maximum Gasteiger partial charge on any atom is 0.423 e. The summed E-state index contributed by atoms with van der Waals surface area (Å²) < 4.78 is 63.3. The second kappa shape index (κ2) is 11.4. The number of furan rings is 1. The number of hydrogen-bond donors (Lipinski definition) is 0. The number of hydrogen-bond acceptors (Lipinski definition) is 8. The summed E-state index contributed by atoms with van der Waals surface area (Å²) in [5, 5.41) is 0. The lowest BCUT2D eigenvalue weighted by Crippen LogP contribution is -2.47.